The van der Waals surface area contributed by atoms with E-state index in [0.717, 1.165) is 0 Å². The third-order valence-corrected chi connectivity index (χ3v) is 5.41. The number of para-hydroxylation sites is 1. The van der Waals surface area contributed by atoms with Gasteiger partial charge in [0.05, 0.1) is 23.9 Å². The minimum Gasteiger partial charge on any atom is -0.494 e. The molecule has 0 unspecified atom stereocenters. The first kappa shape index (κ1) is 22.1. The summed E-state index contributed by atoms with van der Waals surface area (Å²) in [7, 11) is 0. The molecule has 2 aliphatic rings. The lowest BCUT2D eigenvalue weighted by Gasteiger charge is -2.33. The molecule has 0 spiro atoms. The molecule has 4 rings (SSSR count). The molecule has 2 aromatic carbocycles. The summed E-state index contributed by atoms with van der Waals surface area (Å²) in [5, 5.41) is 5.50. The van der Waals surface area contributed by atoms with Crippen LogP contribution < -0.4 is 15.4 Å². The monoisotopic (exact) mass is 449 g/mol. The lowest BCUT2D eigenvalue weighted by molar-refractivity contribution is -0.136. The molecule has 2 aliphatic heterocycles. The molecule has 9 heteroatoms. The normalized spacial score (nSPS) is 17.3. The van der Waals surface area contributed by atoms with Gasteiger partial charge in [0.2, 0.25) is 5.91 Å². The minimum absolute atomic E-state index is 0.0799. The number of esters is 1. The van der Waals surface area contributed by atoms with Gasteiger partial charge in [-0.1, -0.05) is 18.2 Å². The summed E-state index contributed by atoms with van der Waals surface area (Å²) in [6.45, 7) is 3.32. The van der Waals surface area contributed by atoms with Gasteiger partial charge in [-0.05, 0) is 44.2 Å². The second kappa shape index (κ2) is 9.15. The van der Waals surface area contributed by atoms with E-state index in [4.69, 9.17) is 9.47 Å². The molecular formula is C24H23N3O6. The van der Waals surface area contributed by atoms with Gasteiger partial charge in [0.1, 0.15) is 18.9 Å². The van der Waals surface area contributed by atoms with Crippen LogP contribution in [-0.4, -0.2) is 48.3 Å². The highest BCUT2D eigenvalue weighted by Crippen LogP contribution is 2.38. The number of nitrogens with one attached hydrogen (secondary N) is 2. The van der Waals surface area contributed by atoms with Crippen LogP contribution in [0.3, 0.4) is 0 Å². The standard InChI is InChI=1S/C24H23N3O6/c1-3-32-19-7-5-4-6-17(19)22-21-18(13-33-23(21)30)27(24(31)26-22)12-20(29)25-16-10-8-15(9-11-16)14(2)28/h4-11,22H,3,12-13H2,1-2H3,(H,25,29)(H,26,31)/t22-/m0/s1. The summed E-state index contributed by atoms with van der Waals surface area (Å²) < 4.78 is 10.9. The number of carbonyl (C=O) groups excluding carboxylic acids is 4. The number of anilines is 1. The van der Waals surface area contributed by atoms with Crippen LogP contribution in [0, 0.1) is 0 Å². The second-order valence-corrected chi connectivity index (χ2v) is 7.56. The number of nitrogens with zero attached hydrogens (tertiary/aromatic N) is 1. The molecule has 9 nitrogen and oxygen atoms in total. The third kappa shape index (κ3) is 4.43. The van der Waals surface area contributed by atoms with Gasteiger partial charge in [-0.2, -0.15) is 0 Å². The number of ether oxygens (including phenoxy) is 2. The Kier molecular flexibility index (Phi) is 6.12. The molecule has 170 valence electrons. The minimum atomic E-state index is -0.747. The molecule has 0 bridgehead atoms. The maximum Gasteiger partial charge on any atom is 0.338 e. The first-order valence-electron chi connectivity index (χ1n) is 10.5. The van der Waals surface area contributed by atoms with Crippen molar-refractivity contribution in [2.45, 2.75) is 19.9 Å². The summed E-state index contributed by atoms with van der Waals surface area (Å²) in [4.78, 5) is 50.8. The molecule has 33 heavy (non-hydrogen) atoms. The van der Waals surface area contributed by atoms with Gasteiger partial charge in [0.15, 0.2) is 5.78 Å². The van der Waals surface area contributed by atoms with Crippen LogP contribution in [0.25, 0.3) is 0 Å². The van der Waals surface area contributed by atoms with E-state index in [0.29, 0.717) is 34.9 Å². The fourth-order valence-corrected chi connectivity index (χ4v) is 3.85. The van der Waals surface area contributed by atoms with Crippen LogP contribution in [0.4, 0.5) is 10.5 Å². The molecule has 0 fully saturated rings. The van der Waals surface area contributed by atoms with Crippen molar-refractivity contribution >= 4 is 29.4 Å². The largest absolute Gasteiger partial charge is 0.494 e. The van der Waals surface area contributed by atoms with E-state index < -0.39 is 23.9 Å². The highest BCUT2D eigenvalue weighted by molar-refractivity contribution is 6.00. The molecule has 0 saturated carbocycles. The van der Waals surface area contributed by atoms with Gasteiger partial charge < -0.3 is 20.1 Å². The Morgan fingerprint density at radius 1 is 1.15 bits per heavy atom. The number of Topliss-reactive ketones (excluding diaryl/α,β-unsaturated/α-hetero) is 1. The van der Waals surface area contributed by atoms with Crippen molar-refractivity contribution in [1.82, 2.24) is 10.2 Å². The van der Waals surface area contributed by atoms with Crippen LogP contribution in [-0.2, 0) is 14.3 Å². The van der Waals surface area contributed by atoms with Crippen LogP contribution in [0.2, 0.25) is 0 Å². The number of hydrogen-bond acceptors (Lipinski definition) is 6. The zero-order valence-corrected chi connectivity index (χ0v) is 18.2. The van der Waals surface area contributed by atoms with Crippen molar-refractivity contribution in [2.75, 3.05) is 25.1 Å². The zero-order chi connectivity index (χ0) is 23.5. The molecule has 2 heterocycles. The van der Waals surface area contributed by atoms with Gasteiger partial charge in [0.25, 0.3) is 0 Å². The molecule has 1 atom stereocenters. The molecule has 3 amide bonds. The molecule has 2 aromatic rings. The molecule has 0 aromatic heterocycles. The smallest absolute Gasteiger partial charge is 0.338 e. The Morgan fingerprint density at radius 2 is 1.88 bits per heavy atom. The summed E-state index contributed by atoms with van der Waals surface area (Å²) in [6, 6.07) is 12.3. The maximum atomic E-state index is 13.0. The van der Waals surface area contributed by atoms with E-state index in [1.165, 1.54) is 11.8 Å². The van der Waals surface area contributed by atoms with E-state index in [2.05, 4.69) is 10.6 Å². The van der Waals surface area contributed by atoms with E-state index in [-0.39, 0.29) is 24.5 Å². The van der Waals surface area contributed by atoms with E-state index >= 15 is 0 Å². The predicted molar refractivity (Wildman–Crippen MR) is 119 cm³/mol. The van der Waals surface area contributed by atoms with Crippen molar-refractivity contribution in [3.8, 4) is 5.75 Å². The molecule has 2 N–H and O–H groups in total. The number of rotatable bonds is 7. The van der Waals surface area contributed by atoms with Gasteiger partial charge in [0, 0.05) is 16.8 Å². The number of cyclic esters (lactones) is 1. The Bertz CT molecular complexity index is 1160. The topological polar surface area (TPSA) is 114 Å². The Labute approximate surface area is 190 Å². The first-order chi connectivity index (χ1) is 15.9. The lowest BCUT2D eigenvalue weighted by Crippen LogP contribution is -2.49. The highest BCUT2D eigenvalue weighted by atomic mass is 16.5. The van der Waals surface area contributed by atoms with Crippen molar-refractivity contribution in [1.29, 1.82) is 0 Å². The maximum absolute atomic E-state index is 13.0. The van der Waals surface area contributed by atoms with Crippen molar-refractivity contribution < 1.29 is 28.7 Å². The van der Waals surface area contributed by atoms with Crippen LogP contribution in [0.15, 0.2) is 59.8 Å². The highest BCUT2D eigenvalue weighted by Gasteiger charge is 2.43. The predicted octanol–water partition coefficient (Wildman–Crippen LogP) is 2.80. The first-order valence-corrected chi connectivity index (χ1v) is 10.5. The molecular weight excluding hydrogens is 426 g/mol. The van der Waals surface area contributed by atoms with Gasteiger partial charge >= 0.3 is 12.0 Å². The molecule has 0 aliphatic carbocycles. The average Bonchev–Trinajstić information content (AvgIpc) is 3.18. The summed E-state index contributed by atoms with van der Waals surface area (Å²) in [6.07, 6.45) is 0. The number of hydrogen-bond donors (Lipinski definition) is 2. The number of urea groups is 1. The van der Waals surface area contributed by atoms with Gasteiger partial charge in [-0.3, -0.25) is 14.5 Å². The van der Waals surface area contributed by atoms with E-state index in [9.17, 15) is 19.2 Å². The van der Waals surface area contributed by atoms with Gasteiger partial charge in [-0.15, -0.1) is 0 Å². The SMILES string of the molecule is CCOc1ccccc1[C@@H]1NC(=O)N(CC(=O)Nc2ccc(C(C)=O)cc2)C2=C1C(=O)OC2. The van der Waals surface area contributed by atoms with Crippen LogP contribution in [0.1, 0.15) is 35.8 Å². The fourth-order valence-electron chi connectivity index (χ4n) is 3.85. The molecule has 0 radical (unpaired) electrons. The number of ketones is 1. The van der Waals surface area contributed by atoms with Crippen LogP contribution in [0.5, 0.6) is 5.75 Å². The van der Waals surface area contributed by atoms with Crippen LogP contribution >= 0.6 is 0 Å². The third-order valence-electron chi connectivity index (χ3n) is 5.41. The van der Waals surface area contributed by atoms with Crippen molar-refractivity contribution in [2.24, 2.45) is 0 Å². The summed E-state index contributed by atoms with van der Waals surface area (Å²) in [5.41, 5.74) is 2.27. The van der Waals surface area contributed by atoms with E-state index in [1.807, 2.05) is 6.92 Å². The van der Waals surface area contributed by atoms with Crippen molar-refractivity contribution in [3.05, 3.63) is 70.9 Å². The Hall–Kier alpha value is -4.14. The number of carbonyl (C=O) groups is 4. The van der Waals surface area contributed by atoms with Gasteiger partial charge in [-0.25, -0.2) is 9.59 Å². The lowest BCUT2D eigenvalue weighted by atomic mass is 9.95. The van der Waals surface area contributed by atoms with E-state index in [1.54, 1.807) is 48.5 Å². The second-order valence-electron chi connectivity index (χ2n) is 7.56. The zero-order valence-electron chi connectivity index (χ0n) is 18.2. The average molecular weight is 449 g/mol. The Morgan fingerprint density at radius 3 is 2.58 bits per heavy atom. The molecule has 0 saturated heterocycles. The summed E-state index contributed by atoms with van der Waals surface area (Å²) >= 11 is 0. The quantitative estimate of drug-likeness (QED) is 0.496. The summed E-state index contributed by atoms with van der Waals surface area (Å²) in [5.74, 6) is -0.535. The Balaban J connectivity index is 1.57. The van der Waals surface area contributed by atoms with Crippen molar-refractivity contribution in [3.63, 3.8) is 0 Å². The number of benzene rings is 2. The number of amides is 3. The fraction of sp³-hybridized carbons (Fsp3) is 0.250.